The van der Waals surface area contributed by atoms with Crippen LogP contribution in [-0.4, -0.2) is 103 Å². The van der Waals surface area contributed by atoms with E-state index in [1.165, 1.54) is 6.92 Å². The van der Waals surface area contributed by atoms with E-state index < -0.39 is 34.3 Å². The summed E-state index contributed by atoms with van der Waals surface area (Å²) in [6.07, 6.45) is 1.91. The number of esters is 1. The van der Waals surface area contributed by atoms with Crippen molar-refractivity contribution in [2.75, 3.05) is 39.7 Å². The minimum Gasteiger partial charge on any atom is -0.454 e. The number of likely N-dealkylation sites (N-methyl/N-ethyl adjacent to an activating group) is 1. The summed E-state index contributed by atoms with van der Waals surface area (Å²) in [4.78, 5) is 28.3. The summed E-state index contributed by atoms with van der Waals surface area (Å²) < 4.78 is 25.1. The van der Waals surface area contributed by atoms with Crippen LogP contribution in [0.25, 0.3) is 0 Å². The van der Waals surface area contributed by atoms with Gasteiger partial charge in [-0.1, -0.05) is 19.1 Å². The Morgan fingerprint density at radius 1 is 1.07 bits per heavy atom. The van der Waals surface area contributed by atoms with Gasteiger partial charge in [-0.05, 0) is 44.4 Å². The Balaban J connectivity index is 1.38. The predicted octanol–water partition coefficient (Wildman–Crippen LogP) is 2.22. The SMILES string of the molecule is CCN1C[C@]2(OC(=O)c3ccccc3NC(C)=O)CC[C@H](OC)C34[C@H]1[C@H](C[C@@H]32)[C@@]1(O)C[C@H](OC)[C@H]2C[C@@H]4[C@]1(O)[C@H]2OC. The molecule has 1 amide bonds. The second kappa shape index (κ2) is 9.46. The van der Waals surface area contributed by atoms with Crippen molar-refractivity contribution in [3.05, 3.63) is 29.8 Å². The number of nitrogens with zero attached hydrogens (tertiary/aromatic N) is 1. The van der Waals surface area contributed by atoms with Gasteiger partial charge < -0.3 is 34.5 Å². The third kappa shape index (κ3) is 3.21. The van der Waals surface area contributed by atoms with E-state index in [-0.39, 0.29) is 47.8 Å². The summed E-state index contributed by atoms with van der Waals surface area (Å²) in [5.74, 6) is -1.54. The lowest BCUT2D eigenvalue weighted by molar-refractivity contribution is -0.337. The Morgan fingerprint density at radius 2 is 1.83 bits per heavy atom. The minimum absolute atomic E-state index is 0.0432. The highest BCUT2D eigenvalue weighted by molar-refractivity contribution is 6.00. The molecule has 42 heavy (non-hydrogen) atoms. The van der Waals surface area contributed by atoms with E-state index >= 15 is 0 Å². The molecule has 0 radical (unpaired) electrons. The first kappa shape index (κ1) is 28.7. The number of hydrogen-bond donors (Lipinski definition) is 3. The molecule has 0 aromatic heterocycles. The van der Waals surface area contributed by atoms with Gasteiger partial charge >= 0.3 is 5.97 Å². The van der Waals surface area contributed by atoms with Crippen LogP contribution in [0.3, 0.4) is 0 Å². The van der Waals surface area contributed by atoms with Crippen LogP contribution >= 0.6 is 0 Å². The second-order valence-corrected chi connectivity index (χ2v) is 13.7. The molecular formula is C32H44N2O8. The Labute approximate surface area is 247 Å². The molecule has 12 atom stereocenters. The summed E-state index contributed by atoms with van der Waals surface area (Å²) >= 11 is 0. The lowest BCUT2D eigenvalue weighted by Gasteiger charge is -2.70. The zero-order valence-electron chi connectivity index (χ0n) is 25.2. The van der Waals surface area contributed by atoms with Gasteiger partial charge in [0, 0.05) is 76.3 Å². The number of carbonyl (C=O) groups excluding carboxylic acids is 2. The monoisotopic (exact) mass is 584 g/mol. The summed E-state index contributed by atoms with van der Waals surface area (Å²) in [5.41, 5.74) is -3.57. The summed E-state index contributed by atoms with van der Waals surface area (Å²) in [6, 6.07) is 6.89. The number of rotatable bonds is 7. The number of carbonyl (C=O) groups is 2. The van der Waals surface area contributed by atoms with Crippen LogP contribution in [-0.2, 0) is 23.7 Å². The van der Waals surface area contributed by atoms with Crippen molar-refractivity contribution in [2.24, 2.45) is 29.1 Å². The molecular weight excluding hydrogens is 540 g/mol. The van der Waals surface area contributed by atoms with E-state index in [0.717, 1.165) is 0 Å². The number of piperidine rings is 1. The van der Waals surface area contributed by atoms with Crippen molar-refractivity contribution in [1.29, 1.82) is 0 Å². The Kier molecular flexibility index (Phi) is 6.46. The molecule has 10 nitrogen and oxygen atoms in total. The molecule has 1 unspecified atom stereocenters. The van der Waals surface area contributed by atoms with E-state index in [0.29, 0.717) is 56.4 Å². The third-order valence-electron chi connectivity index (χ3n) is 12.6. The number of fused-ring (bicyclic) bond motifs is 2. The predicted molar refractivity (Wildman–Crippen MR) is 152 cm³/mol. The number of aliphatic hydroxyl groups is 2. The fraction of sp³-hybridized carbons (Fsp3) is 0.750. The highest BCUT2D eigenvalue weighted by Crippen LogP contribution is 2.79. The topological polar surface area (TPSA) is 127 Å². The number of likely N-dealkylation sites (tertiary alicyclic amines) is 1. The summed E-state index contributed by atoms with van der Waals surface area (Å²) in [6.45, 7) is 4.79. The van der Waals surface area contributed by atoms with Crippen LogP contribution in [0, 0.1) is 29.1 Å². The Bertz CT molecular complexity index is 1290. The van der Waals surface area contributed by atoms with Crippen LogP contribution in [0.5, 0.6) is 0 Å². The quantitative estimate of drug-likeness (QED) is 0.414. The highest BCUT2D eigenvalue weighted by atomic mass is 16.6. The van der Waals surface area contributed by atoms with Crippen molar-refractivity contribution >= 4 is 17.6 Å². The maximum absolute atomic E-state index is 14.0. The molecule has 1 saturated heterocycles. The van der Waals surface area contributed by atoms with Gasteiger partial charge in [0.25, 0.3) is 0 Å². The fourth-order valence-electron chi connectivity index (χ4n) is 11.6. The number of benzene rings is 1. The van der Waals surface area contributed by atoms with Crippen LogP contribution in [0.15, 0.2) is 24.3 Å². The van der Waals surface area contributed by atoms with E-state index in [1.807, 2.05) is 0 Å². The first-order valence-electron chi connectivity index (χ1n) is 15.4. The second-order valence-electron chi connectivity index (χ2n) is 13.7. The van der Waals surface area contributed by atoms with E-state index in [1.54, 1.807) is 45.6 Å². The third-order valence-corrected chi connectivity index (χ3v) is 12.6. The van der Waals surface area contributed by atoms with Crippen LogP contribution in [0.2, 0.25) is 0 Å². The first-order chi connectivity index (χ1) is 20.1. The van der Waals surface area contributed by atoms with Crippen LogP contribution in [0.4, 0.5) is 5.69 Å². The lowest BCUT2D eigenvalue weighted by Crippen LogP contribution is -2.83. The molecule has 5 aliphatic carbocycles. The maximum atomic E-state index is 14.0. The maximum Gasteiger partial charge on any atom is 0.340 e. The average Bonchev–Trinajstić information content (AvgIpc) is 3.39. The van der Waals surface area contributed by atoms with E-state index in [9.17, 15) is 19.8 Å². The van der Waals surface area contributed by atoms with Crippen molar-refractivity contribution < 1.29 is 38.7 Å². The number of anilines is 1. The number of hydrogen-bond acceptors (Lipinski definition) is 9. The molecule has 6 fully saturated rings. The molecule has 7 bridgehead atoms. The smallest absolute Gasteiger partial charge is 0.340 e. The fourth-order valence-corrected chi connectivity index (χ4v) is 11.6. The number of amides is 1. The van der Waals surface area contributed by atoms with Gasteiger partial charge in [-0.15, -0.1) is 0 Å². The van der Waals surface area contributed by atoms with Gasteiger partial charge in [0.15, 0.2) is 0 Å². The molecule has 1 heterocycles. The van der Waals surface area contributed by atoms with Crippen molar-refractivity contribution in [1.82, 2.24) is 4.90 Å². The number of methoxy groups -OCH3 is 3. The lowest BCUT2D eigenvalue weighted by atomic mass is 9.44. The van der Waals surface area contributed by atoms with Crippen molar-refractivity contribution in [3.8, 4) is 0 Å². The standard InChI is InChI=1S/C32H44N2O8/c1-6-34-16-29(42-28(36)18-9-7-8-10-21(18)33-17(2)35)12-11-25(40-4)31-23(29)14-20(26(31)34)30(37)15-22(39-3)19-13-24(31)32(30,38)27(19)41-5/h7-10,19-20,22-27,37-38H,6,11-16H2,1-5H3,(H,33,35)/t19-,20+,22+,23-,24+,25+,26-,27+,29-,30+,31?,32+/m1/s1. The molecule has 5 saturated carbocycles. The Morgan fingerprint density at radius 3 is 2.50 bits per heavy atom. The zero-order valence-corrected chi connectivity index (χ0v) is 25.2. The molecule has 1 spiro atoms. The average molecular weight is 585 g/mol. The van der Waals surface area contributed by atoms with Gasteiger partial charge in [0.05, 0.1) is 29.6 Å². The number of ether oxygens (including phenoxy) is 4. The van der Waals surface area contributed by atoms with Gasteiger partial charge in [0.1, 0.15) is 16.8 Å². The molecule has 1 aliphatic heterocycles. The minimum atomic E-state index is -1.48. The van der Waals surface area contributed by atoms with Gasteiger partial charge in [0.2, 0.25) is 5.91 Å². The molecule has 10 heteroatoms. The van der Waals surface area contributed by atoms with Crippen LogP contribution in [0.1, 0.15) is 56.3 Å². The van der Waals surface area contributed by atoms with Crippen molar-refractivity contribution in [2.45, 2.75) is 87.1 Å². The normalized spacial score (nSPS) is 48.2. The van der Waals surface area contributed by atoms with Gasteiger partial charge in [-0.3, -0.25) is 9.69 Å². The Hall–Kier alpha value is -2.08. The molecule has 6 aliphatic rings. The van der Waals surface area contributed by atoms with Gasteiger partial charge in [-0.25, -0.2) is 4.79 Å². The zero-order chi connectivity index (χ0) is 29.8. The molecule has 7 rings (SSSR count). The molecule has 1 aromatic carbocycles. The van der Waals surface area contributed by atoms with Crippen LogP contribution < -0.4 is 5.32 Å². The summed E-state index contributed by atoms with van der Waals surface area (Å²) in [7, 11) is 5.05. The number of nitrogens with one attached hydrogen (secondary N) is 1. The van der Waals surface area contributed by atoms with Crippen molar-refractivity contribution in [3.63, 3.8) is 0 Å². The molecule has 3 N–H and O–H groups in total. The molecule has 1 aromatic rings. The van der Waals surface area contributed by atoms with Gasteiger partial charge in [-0.2, -0.15) is 0 Å². The van der Waals surface area contributed by atoms with E-state index in [4.69, 9.17) is 18.9 Å². The first-order valence-corrected chi connectivity index (χ1v) is 15.4. The number of para-hydroxylation sites is 1. The van der Waals surface area contributed by atoms with E-state index in [2.05, 4.69) is 17.1 Å². The molecule has 230 valence electrons. The summed E-state index contributed by atoms with van der Waals surface area (Å²) in [5, 5.41) is 28.4. The highest BCUT2D eigenvalue weighted by Gasteiger charge is 2.89. The largest absolute Gasteiger partial charge is 0.454 e.